The zero-order valence-electron chi connectivity index (χ0n) is 20.8. The van der Waals surface area contributed by atoms with Crippen LogP contribution in [0.1, 0.15) is 34.0 Å². The highest BCUT2D eigenvalue weighted by molar-refractivity contribution is 7.91. The minimum Gasteiger partial charge on any atom is -0.301 e. The van der Waals surface area contributed by atoms with Crippen LogP contribution < -0.4 is 10.6 Å². The number of carbonyl (C=O) groups excluding carboxylic acids is 2. The molecule has 4 aromatic heterocycles. The second-order valence-electron chi connectivity index (χ2n) is 8.47. The van der Waals surface area contributed by atoms with Gasteiger partial charge in [0.15, 0.2) is 9.84 Å². The van der Waals surface area contributed by atoms with Gasteiger partial charge in [0.2, 0.25) is 22.1 Å². The van der Waals surface area contributed by atoms with E-state index in [9.17, 15) is 18.0 Å². The van der Waals surface area contributed by atoms with E-state index in [0.29, 0.717) is 33.1 Å². The minimum absolute atomic E-state index is 0.104. The normalized spacial score (nSPS) is 11.3. The molecule has 0 saturated carbocycles. The largest absolute Gasteiger partial charge is 0.301 e. The zero-order valence-corrected chi connectivity index (χ0v) is 23.3. The predicted molar refractivity (Wildman–Crippen MR) is 148 cm³/mol. The lowest BCUT2D eigenvalue weighted by Gasteiger charge is -2.02. The van der Waals surface area contributed by atoms with Gasteiger partial charge in [-0.25, -0.2) is 8.42 Å². The molecular formula is C24H26N8O4S3. The van der Waals surface area contributed by atoms with Gasteiger partial charge in [-0.2, -0.15) is 0 Å². The first-order valence-electron chi connectivity index (χ1n) is 12.1. The Hall–Kier alpha value is -3.69. The van der Waals surface area contributed by atoms with E-state index in [1.807, 2.05) is 24.3 Å². The van der Waals surface area contributed by atoms with E-state index < -0.39 is 9.84 Å². The van der Waals surface area contributed by atoms with Gasteiger partial charge in [0.25, 0.3) is 0 Å². The van der Waals surface area contributed by atoms with Crippen LogP contribution in [0.2, 0.25) is 0 Å². The average Bonchev–Trinajstić information content (AvgIpc) is 3.59. The lowest BCUT2D eigenvalue weighted by Crippen LogP contribution is -2.14. The number of hydrogen-bond donors (Lipinski definition) is 2. The van der Waals surface area contributed by atoms with Gasteiger partial charge in [0.1, 0.15) is 10.0 Å². The summed E-state index contributed by atoms with van der Waals surface area (Å²) in [5.41, 5.74) is 1.92. The zero-order chi connectivity index (χ0) is 27.5. The highest BCUT2D eigenvalue weighted by Gasteiger charge is 2.17. The molecule has 0 aliphatic carbocycles. The van der Waals surface area contributed by atoms with E-state index >= 15 is 0 Å². The quantitative estimate of drug-likeness (QED) is 0.224. The minimum atomic E-state index is -3.39. The van der Waals surface area contributed by atoms with E-state index in [0.717, 1.165) is 33.8 Å². The van der Waals surface area contributed by atoms with Crippen LogP contribution in [-0.4, -0.2) is 62.1 Å². The maximum atomic E-state index is 12.5. The number of anilines is 2. The van der Waals surface area contributed by atoms with Crippen molar-refractivity contribution < 1.29 is 18.0 Å². The molecule has 0 aliphatic heterocycles. The van der Waals surface area contributed by atoms with Crippen LogP contribution in [0, 0.1) is 0 Å². The molecule has 4 heterocycles. The van der Waals surface area contributed by atoms with Gasteiger partial charge in [0.05, 0.1) is 11.5 Å². The number of hydrogen-bond acceptors (Lipinski definition) is 12. The van der Waals surface area contributed by atoms with Gasteiger partial charge in [-0.1, -0.05) is 34.8 Å². The first kappa shape index (κ1) is 28.3. The van der Waals surface area contributed by atoms with Crippen LogP contribution >= 0.6 is 22.7 Å². The Kier molecular flexibility index (Phi) is 10.1. The van der Waals surface area contributed by atoms with E-state index in [1.54, 1.807) is 24.8 Å². The van der Waals surface area contributed by atoms with Gasteiger partial charge < -0.3 is 10.6 Å². The number of rotatable bonds is 14. The van der Waals surface area contributed by atoms with Crippen LogP contribution in [0.3, 0.4) is 0 Å². The number of sulfone groups is 1. The second kappa shape index (κ2) is 13.9. The molecule has 0 unspecified atom stereocenters. The lowest BCUT2D eigenvalue weighted by molar-refractivity contribution is -0.117. The van der Waals surface area contributed by atoms with E-state index in [2.05, 4.69) is 41.0 Å². The molecule has 0 spiro atoms. The van der Waals surface area contributed by atoms with Crippen molar-refractivity contribution in [3.05, 3.63) is 70.2 Å². The molecule has 204 valence electrons. The van der Waals surface area contributed by atoms with Crippen molar-refractivity contribution in [1.82, 2.24) is 30.4 Å². The van der Waals surface area contributed by atoms with E-state index in [4.69, 9.17) is 0 Å². The van der Waals surface area contributed by atoms with E-state index in [-0.39, 0.29) is 49.0 Å². The van der Waals surface area contributed by atoms with Crippen molar-refractivity contribution in [3.63, 3.8) is 0 Å². The standard InChI is InChI=1S/C24H26N8O4S3/c33-19(7-5-17-3-1-11-25-15-17)27-23-31-29-21(37-23)9-13-39(35,36)14-10-22-30-32-24(38-22)28-20(34)8-6-18-4-2-12-26-16-18/h1-4,11-12,15-16H,5-10,13-14H2,(H,27,31,33)(H,28,32,34). The fraction of sp³-hybridized carbons (Fsp3) is 0.333. The maximum absolute atomic E-state index is 12.5. The molecule has 0 radical (unpaired) electrons. The molecule has 0 fully saturated rings. The van der Waals surface area contributed by atoms with E-state index in [1.165, 1.54) is 0 Å². The molecule has 4 rings (SSSR count). The number of carbonyl (C=O) groups is 2. The predicted octanol–water partition coefficient (Wildman–Crippen LogP) is 2.52. The molecule has 15 heteroatoms. The molecule has 39 heavy (non-hydrogen) atoms. The molecular weight excluding hydrogens is 561 g/mol. The maximum Gasteiger partial charge on any atom is 0.226 e. The number of nitrogens with zero attached hydrogens (tertiary/aromatic N) is 6. The second-order valence-corrected chi connectivity index (χ2v) is 12.9. The van der Waals surface area contributed by atoms with Crippen LogP contribution in [0.4, 0.5) is 10.3 Å². The van der Waals surface area contributed by atoms with Gasteiger partial charge in [0, 0.05) is 50.5 Å². The third-order valence-electron chi connectivity index (χ3n) is 5.41. The molecule has 4 aromatic rings. The first-order valence-corrected chi connectivity index (χ1v) is 15.5. The monoisotopic (exact) mass is 586 g/mol. The number of aromatic nitrogens is 6. The molecule has 0 aliphatic rings. The Labute approximate surface area is 233 Å². The van der Waals surface area contributed by atoms with Gasteiger partial charge in [-0.3, -0.25) is 19.6 Å². The Morgan fingerprint density at radius 3 is 1.56 bits per heavy atom. The summed E-state index contributed by atoms with van der Waals surface area (Å²) in [6.07, 6.45) is 8.82. The number of nitrogens with one attached hydrogen (secondary N) is 2. The van der Waals surface area contributed by atoms with Crippen LogP contribution in [0.5, 0.6) is 0 Å². The molecule has 0 atom stereocenters. The fourth-order valence-electron chi connectivity index (χ4n) is 3.37. The average molecular weight is 587 g/mol. The Bertz CT molecular complexity index is 1370. The van der Waals surface area contributed by atoms with Crippen molar-refractivity contribution in [1.29, 1.82) is 0 Å². The molecule has 0 saturated heterocycles. The van der Waals surface area contributed by atoms with Crippen molar-refractivity contribution in [2.75, 3.05) is 22.1 Å². The Morgan fingerprint density at radius 2 is 1.15 bits per heavy atom. The topological polar surface area (TPSA) is 170 Å². The molecule has 0 aromatic carbocycles. The summed E-state index contributed by atoms with van der Waals surface area (Å²) in [4.78, 5) is 32.4. The lowest BCUT2D eigenvalue weighted by atomic mass is 10.1. The van der Waals surface area contributed by atoms with Gasteiger partial charge in [-0.15, -0.1) is 20.4 Å². The molecule has 0 bridgehead atoms. The van der Waals surface area contributed by atoms with Crippen molar-refractivity contribution in [3.8, 4) is 0 Å². The summed E-state index contributed by atoms with van der Waals surface area (Å²) in [6, 6.07) is 7.43. The number of pyridine rings is 2. The summed E-state index contributed by atoms with van der Waals surface area (Å²) in [6.45, 7) is 0. The smallest absolute Gasteiger partial charge is 0.226 e. The molecule has 12 nitrogen and oxygen atoms in total. The highest BCUT2D eigenvalue weighted by atomic mass is 32.2. The first-order chi connectivity index (χ1) is 18.8. The fourth-order valence-corrected chi connectivity index (χ4v) is 6.35. The van der Waals surface area contributed by atoms with Gasteiger partial charge in [-0.05, 0) is 36.1 Å². The molecule has 2 N–H and O–H groups in total. The van der Waals surface area contributed by atoms with Crippen LogP contribution in [0.25, 0.3) is 0 Å². The summed E-state index contributed by atoms with van der Waals surface area (Å²) in [5, 5.41) is 23.0. The molecule has 2 amide bonds. The Morgan fingerprint density at radius 1 is 0.692 bits per heavy atom. The van der Waals surface area contributed by atoms with Crippen LogP contribution in [0.15, 0.2) is 49.1 Å². The SMILES string of the molecule is O=C(CCc1cccnc1)Nc1nnc(CCS(=O)(=O)CCc2nnc(NC(=O)CCc3cccnc3)s2)s1. The third kappa shape index (κ3) is 9.85. The Balaban J connectivity index is 1.16. The highest BCUT2D eigenvalue weighted by Crippen LogP contribution is 2.19. The van der Waals surface area contributed by atoms with Crippen molar-refractivity contribution >= 4 is 54.6 Å². The summed E-state index contributed by atoms with van der Waals surface area (Å²) >= 11 is 2.31. The van der Waals surface area contributed by atoms with Crippen molar-refractivity contribution in [2.24, 2.45) is 0 Å². The number of amides is 2. The van der Waals surface area contributed by atoms with Crippen molar-refractivity contribution in [2.45, 2.75) is 38.5 Å². The number of aryl methyl sites for hydroxylation is 4. The third-order valence-corrected chi connectivity index (χ3v) is 8.86. The summed E-state index contributed by atoms with van der Waals surface area (Å²) in [5.74, 6) is -0.605. The summed E-state index contributed by atoms with van der Waals surface area (Å²) in [7, 11) is -3.39. The summed E-state index contributed by atoms with van der Waals surface area (Å²) < 4.78 is 25.1. The van der Waals surface area contributed by atoms with Gasteiger partial charge >= 0.3 is 0 Å². The van der Waals surface area contributed by atoms with Crippen LogP contribution in [-0.2, 0) is 45.1 Å².